The Balaban J connectivity index is 2.72. The standard InChI is InChI=1S/C10H16N2O2/c1-8(2)4-5-11-7-10(12(13)14)6-9(11)3/h6-8H,4-5H2,1-3H3. The molecule has 0 aromatic carbocycles. The first-order valence-corrected chi connectivity index (χ1v) is 4.82. The molecule has 1 aromatic heterocycles. The van der Waals surface area contributed by atoms with Crippen molar-refractivity contribution in [2.75, 3.05) is 0 Å². The molecule has 0 N–H and O–H groups in total. The van der Waals surface area contributed by atoms with Gasteiger partial charge in [0.2, 0.25) is 0 Å². The summed E-state index contributed by atoms with van der Waals surface area (Å²) in [6, 6.07) is 1.61. The maximum Gasteiger partial charge on any atom is 0.287 e. The zero-order valence-electron chi connectivity index (χ0n) is 8.86. The predicted octanol–water partition coefficient (Wildman–Crippen LogP) is 2.75. The van der Waals surface area contributed by atoms with Gasteiger partial charge in [0.15, 0.2) is 0 Å². The van der Waals surface area contributed by atoms with Gasteiger partial charge in [0.05, 0.1) is 11.1 Å². The Labute approximate surface area is 83.7 Å². The van der Waals surface area contributed by atoms with Crippen molar-refractivity contribution in [1.82, 2.24) is 4.57 Å². The molecular formula is C10H16N2O2. The number of nitro groups is 1. The fourth-order valence-corrected chi connectivity index (χ4v) is 1.33. The van der Waals surface area contributed by atoms with Crippen LogP contribution in [0.4, 0.5) is 5.69 Å². The van der Waals surface area contributed by atoms with Crippen molar-refractivity contribution in [1.29, 1.82) is 0 Å². The maximum absolute atomic E-state index is 10.5. The zero-order valence-corrected chi connectivity index (χ0v) is 8.86. The summed E-state index contributed by atoms with van der Waals surface area (Å²) in [5, 5.41) is 10.5. The van der Waals surface area contributed by atoms with Crippen LogP contribution in [-0.2, 0) is 6.54 Å². The third-order valence-electron chi connectivity index (χ3n) is 2.26. The Morgan fingerprint density at radius 1 is 1.57 bits per heavy atom. The van der Waals surface area contributed by atoms with Crippen LogP contribution in [0.25, 0.3) is 0 Å². The van der Waals surface area contributed by atoms with E-state index in [4.69, 9.17) is 0 Å². The minimum absolute atomic E-state index is 0.186. The third-order valence-corrected chi connectivity index (χ3v) is 2.26. The summed E-state index contributed by atoms with van der Waals surface area (Å²) in [4.78, 5) is 10.1. The second-order valence-electron chi connectivity index (χ2n) is 3.97. The van der Waals surface area contributed by atoms with Gasteiger partial charge < -0.3 is 4.57 Å². The number of aromatic nitrogens is 1. The van der Waals surface area contributed by atoms with Gasteiger partial charge in [-0.25, -0.2) is 0 Å². The van der Waals surface area contributed by atoms with Crippen LogP contribution >= 0.6 is 0 Å². The van der Waals surface area contributed by atoms with E-state index in [1.165, 1.54) is 0 Å². The Morgan fingerprint density at radius 3 is 2.64 bits per heavy atom. The summed E-state index contributed by atoms with van der Waals surface area (Å²) >= 11 is 0. The lowest BCUT2D eigenvalue weighted by Gasteiger charge is -2.06. The van der Waals surface area contributed by atoms with Gasteiger partial charge in [-0.1, -0.05) is 13.8 Å². The molecule has 4 nitrogen and oxygen atoms in total. The molecule has 0 saturated carbocycles. The van der Waals surface area contributed by atoms with E-state index in [9.17, 15) is 10.1 Å². The molecule has 0 bridgehead atoms. The highest BCUT2D eigenvalue weighted by Crippen LogP contribution is 2.16. The highest BCUT2D eigenvalue weighted by atomic mass is 16.6. The van der Waals surface area contributed by atoms with E-state index in [0.29, 0.717) is 5.92 Å². The van der Waals surface area contributed by atoms with E-state index < -0.39 is 0 Å². The van der Waals surface area contributed by atoms with Crippen molar-refractivity contribution in [2.24, 2.45) is 5.92 Å². The minimum Gasteiger partial charge on any atom is -0.345 e. The molecule has 0 aliphatic carbocycles. The molecule has 0 aliphatic heterocycles. The molecule has 0 aliphatic rings. The molecule has 0 atom stereocenters. The second-order valence-corrected chi connectivity index (χ2v) is 3.97. The number of aryl methyl sites for hydroxylation is 2. The Kier molecular flexibility index (Phi) is 3.28. The van der Waals surface area contributed by atoms with Gasteiger partial charge in [0, 0.05) is 18.3 Å². The number of rotatable bonds is 4. The van der Waals surface area contributed by atoms with Crippen LogP contribution in [0.3, 0.4) is 0 Å². The Bertz CT molecular complexity index is 329. The number of hydrogen-bond acceptors (Lipinski definition) is 2. The number of hydrogen-bond donors (Lipinski definition) is 0. The van der Waals surface area contributed by atoms with Crippen LogP contribution in [0, 0.1) is 23.0 Å². The zero-order chi connectivity index (χ0) is 10.7. The van der Waals surface area contributed by atoms with E-state index in [0.717, 1.165) is 18.7 Å². The van der Waals surface area contributed by atoms with Crippen LogP contribution < -0.4 is 0 Å². The largest absolute Gasteiger partial charge is 0.345 e. The Hall–Kier alpha value is -1.32. The van der Waals surface area contributed by atoms with Crippen molar-refractivity contribution in [3.63, 3.8) is 0 Å². The first-order valence-electron chi connectivity index (χ1n) is 4.82. The summed E-state index contributed by atoms with van der Waals surface area (Å²) in [5.41, 5.74) is 1.14. The molecule has 1 heterocycles. The van der Waals surface area contributed by atoms with Gasteiger partial charge in [-0.15, -0.1) is 0 Å². The molecule has 0 amide bonds. The molecule has 1 rings (SSSR count). The average Bonchev–Trinajstić information content (AvgIpc) is 2.43. The Morgan fingerprint density at radius 2 is 2.21 bits per heavy atom. The van der Waals surface area contributed by atoms with Crippen LogP contribution in [0.2, 0.25) is 0 Å². The van der Waals surface area contributed by atoms with Crippen LogP contribution in [0.5, 0.6) is 0 Å². The molecule has 0 unspecified atom stereocenters. The lowest BCUT2D eigenvalue weighted by molar-refractivity contribution is -0.384. The molecule has 0 saturated heterocycles. The van der Waals surface area contributed by atoms with Crippen molar-refractivity contribution >= 4 is 5.69 Å². The summed E-state index contributed by atoms with van der Waals surface area (Å²) in [6.07, 6.45) is 2.66. The average molecular weight is 196 g/mol. The van der Waals surface area contributed by atoms with E-state index >= 15 is 0 Å². The summed E-state index contributed by atoms with van der Waals surface area (Å²) < 4.78 is 1.94. The SMILES string of the molecule is Cc1cc([N+](=O)[O-])cn1CCC(C)C. The van der Waals surface area contributed by atoms with Gasteiger partial charge in [0.25, 0.3) is 5.69 Å². The fraction of sp³-hybridized carbons (Fsp3) is 0.600. The van der Waals surface area contributed by atoms with Gasteiger partial charge in [-0.05, 0) is 19.3 Å². The number of nitrogens with zero attached hydrogens (tertiary/aromatic N) is 2. The second kappa shape index (κ2) is 4.26. The summed E-state index contributed by atoms with van der Waals surface area (Å²) in [5.74, 6) is 0.621. The minimum atomic E-state index is -0.348. The van der Waals surface area contributed by atoms with E-state index in [2.05, 4.69) is 13.8 Å². The van der Waals surface area contributed by atoms with Crippen molar-refractivity contribution in [3.05, 3.63) is 28.1 Å². The first-order chi connectivity index (χ1) is 6.50. The molecule has 14 heavy (non-hydrogen) atoms. The fourth-order valence-electron chi connectivity index (χ4n) is 1.33. The van der Waals surface area contributed by atoms with Crippen LogP contribution in [0.15, 0.2) is 12.3 Å². The summed E-state index contributed by atoms with van der Waals surface area (Å²) in [6.45, 7) is 7.05. The third kappa shape index (κ3) is 2.58. The van der Waals surface area contributed by atoms with Gasteiger partial charge in [0.1, 0.15) is 0 Å². The normalized spacial score (nSPS) is 10.9. The van der Waals surface area contributed by atoms with E-state index in [-0.39, 0.29) is 10.6 Å². The topological polar surface area (TPSA) is 48.1 Å². The van der Waals surface area contributed by atoms with Crippen molar-refractivity contribution in [2.45, 2.75) is 33.7 Å². The highest BCUT2D eigenvalue weighted by molar-refractivity contribution is 5.30. The maximum atomic E-state index is 10.5. The quantitative estimate of drug-likeness (QED) is 0.549. The lowest BCUT2D eigenvalue weighted by Crippen LogP contribution is -2.01. The monoisotopic (exact) mass is 196 g/mol. The molecule has 1 aromatic rings. The van der Waals surface area contributed by atoms with Gasteiger partial charge >= 0.3 is 0 Å². The lowest BCUT2D eigenvalue weighted by atomic mass is 10.1. The predicted molar refractivity (Wildman–Crippen MR) is 55.3 cm³/mol. The molecule has 78 valence electrons. The molecule has 0 fully saturated rings. The smallest absolute Gasteiger partial charge is 0.287 e. The van der Waals surface area contributed by atoms with Gasteiger partial charge in [-0.2, -0.15) is 0 Å². The van der Waals surface area contributed by atoms with Gasteiger partial charge in [-0.3, -0.25) is 10.1 Å². The molecular weight excluding hydrogens is 180 g/mol. The van der Waals surface area contributed by atoms with Crippen molar-refractivity contribution < 1.29 is 4.92 Å². The summed E-state index contributed by atoms with van der Waals surface area (Å²) in [7, 11) is 0. The van der Waals surface area contributed by atoms with Crippen LogP contribution in [0.1, 0.15) is 26.0 Å². The van der Waals surface area contributed by atoms with E-state index in [1.54, 1.807) is 12.3 Å². The van der Waals surface area contributed by atoms with Crippen molar-refractivity contribution in [3.8, 4) is 0 Å². The molecule has 0 spiro atoms. The molecule has 0 radical (unpaired) electrons. The molecule has 4 heteroatoms. The van der Waals surface area contributed by atoms with E-state index in [1.807, 2.05) is 11.5 Å². The first kappa shape index (κ1) is 10.8. The highest BCUT2D eigenvalue weighted by Gasteiger charge is 2.10. The van der Waals surface area contributed by atoms with Crippen LogP contribution in [-0.4, -0.2) is 9.49 Å².